The topological polar surface area (TPSA) is 6.48 Å². The molecular weight excluding hydrogens is 360 g/mol. The average molecular weight is 413 g/mol. The molecule has 2 nitrogen and oxygen atoms in total. The molecule has 0 aliphatic rings. The first-order valence-electron chi connectivity index (χ1n) is 11.9. The minimum absolute atomic E-state index is 1.26. The van der Waals surface area contributed by atoms with E-state index in [0.717, 1.165) is 0 Å². The lowest BCUT2D eigenvalue weighted by molar-refractivity contribution is 0.306. The zero-order valence-electron chi connectivity index (χ0n) is 20.1. The molecule has 0 aromatic heterocycles. The van der Waals surface area contributed by atoms with Crippen LogP contribution in [-0.2, 0) is 0 Å². The first-order chi connectivity index (χ1) is 12.8. The molecule has 162 valence electrons. The summed E-state index contributed by atoms with van der Waals surface area (Å²) in [4.78, 5) is 0. The predicted octanol–water partition coefficient (Wildman–Crippen LogP) is 7.30. The van der Waals surface area contributed by atoms with Gasteiger partial charge in [-0.05, 0) is 64.5 Å². The van der Waals surface area contributed by atoms with Crippen LogP contribution in [0.4, 0.5) is 0 Å². The summed E-state index contributed by atoms with van der Waals surface area (Å²) < 4.78 is 6.00. The third-order valence-corrected chi connectivity index (χ3v) is 14.2. The molecule has 0 aromatic carbocycles. The van der Waals surface area contributed by atoms with Crippen molar-refractivity contribution >= 4 is 16.5 Å². The van der Waals surface area contributed by atoms with Crippen LogP contribution in [0.25, 0.3) is 0 Å². The maximum atomic E-state index is 4.17. The number of hydrogen-bond donors (Lipinski definition) is 0. The van der Waals surface area contributed by atoms with Crippen molar-refractivity contribution in [1.29, 1.82) is 0 Å². The third kappa shape index (κ3) is 10.4. The Bertz CT molecular complexity index is 335. The van der Waals surface area contributed by atoms with E-state index in [4.69, 9.17) is 0 Å². The average Bonchev–Trinajstić information content (AvgIpc) is 2.66. The molecule has 0 fully saturated rings. The van der Waals surface area contributed by atoms with Crippen LogP contribution in [0.2, 0.25) is 31.7 Å². The van der Waals surface area contributed by atoms with Gasteiger partial charge in [-0.25, -0.2) is 0 Å². The minimum Gasteiger partial charge on any atom is -0.312 e. The van der Waals surface area contributed by atoms with E-state index in [1.54, 1.807) is 0 Å². The summed E-state index contributed by atoms with van der Waals surface area (Å²) in [6, 6.07) is 2.84. The molecule has 0 spiro atoms. The van der Waals surface area contributed by atoms with Gasteiger partial charge in [0.2, 0.25) is 8.40 Å². The summed E-state index contributed by atoms with van der Waals surface area (Å²) >= 11 is 0. The Balaban J connectivity index is 5.67. The molecule has 0 aromatic rings. The molecule has 0 heterocycles. The number of unbranched alkanes of at least 4 members (excludes halogenated alkanes) is 4. The number of hydrogen-bond acceptors (Lipinski definition) is 2. The van der Waals surface area contributed by atoms with Crippen LogP contribution in [0, 0.1) is 0 Å². The fourth-order valence-corrected chi connectivity index (χ4v) is 12.0. The minimum atomic E-state index is -1.63. The number of nitrogens with zero attached hydrogens (tertiary/aromatic N) is 2. The lowest BCUT2D eigenvalue weighted by atomic mass is 10.3. The zero-order valence-corrected chi connectivity index (χ0v) is 22.1. The van der Waals surface area contributed by atoms with Crippen molar-refractivity contribution in [3.05, 3.63) is 12.3 Å². The molecule has 0 unspecified atom stereocenters. The standard InChI is InChI=1S/C23H52N2Si2/c1-9-14-18-24(19-15-10-2)27(8,23-22-26(6,7)13-5)25(20-16-11-3)21-17-12-4/h13H,5,9-12,14-23H2,1-4,6-8H3. The summed E-state index contributed by atoms with van der Waals surface area (Å²) in [7, 11) is -2.89. The van der Waals surface area contributed by atoms with Crippen LogP contribution >= 0.6 is 0 Å². The Morgan fingerprint density at radius 3 is 1.22 bits per heavy atom. The van der Waals surface area contributed by atoms with Gasteiger partial charge in [0, 0.05) is 0 Å². The van der Waals surface area contributed by atoms with E-state index in [1.165, 1.54) is 89.6 Å². The molecule has 0 amide bonds. The molecule has 0 bridgehead atoms. The van der Waals surface area contributed by atoms with Crippen LogP contribution in [0.1, 0.15) is 79.1 Å². The van der Waals surface area contributed by atoms with Crippen LogP contribution in [0.3, 0.4) is 0 Å². The van der Waals surface area contributed by atoms with Crippen LogP contribution in [0.15, 0.2) is 12.3 Å². The molecule has 0 rings (SSSR count). The van der Waals surface area contributed by atoms with Crippen molar-refractivity contribution in [2.45, 2.75) is 111 Å². The summed E-state index contributed by atoms with van der Waals surface area (Å²) in [5.41, 5.74) is 2.31. The van der Waals surface area contributed by atoms with Crippen molar-refractivity contribution < 1.29 is 0 Å². The van der Waals surface area contributed by atoms with Crippen molar-refractivity contribution in [2.24, 2.45) is 0 Å². The Morgan fingerprint density at radius 1 is 0.630 bits per heavy atom. The molecule has 4 heteroatoms. The monoisotopic (exact) mass is 412 g/mol. The molecule has 0 atom stereocenters. The van der Waals surface area contributed by atoms with Crippen molar-refractivity contribution in [3.63, 3.8) is 0 Å². The van der Waals surface area contributed by atoms with E-state index in [0.29, 0.717) is 0 Å². The van der Waals surface area contributed by atoms with E-state index < -0.39 is 16.5 Å². The molecule has 0 radical (unpaired) electrons. The predicted molar refractivity (Wildman–Crippen MR) is 132 cm³/mol. The van der Waals surface area contributed by atoms with Gasteiger partial charge in [-0.2, -0.15) is 0 Å². The number of rotatable bonds is 18. The Morgan fingerprint density at radius 2 is 0.963 bits per heavy atom. The maximum absolute atomic E-state index is 4.17. The Hall–Kier alpha value is 0.0938. The van der Waals surface area contributed by atoms with E-state index in [-0.39, 0.29) is 0 Å². The summed E-state index contributed by atoms with van der Waals surface area (Å²) in [5.74, 6) is 0. The maximum Gasteiger partial charge on any atom is 0.203 e. The zero-order chi connectivity index (χ0) is 20.8. The van der Waals surface area contributed by atoms with Crippen LogP contribution in [0.5, 0.6) is 0 Å². The quantitative estimate of drug-likeness (QED) is 0.218. The van der Waals surface area contributed by atoms with Crippen molar-refractivity contribution in [2.75, 3.05) is 26.2 Å². The molecule has 0 saturated carbocycles. The largest absolute Gasteiger partial charge is 0.312 e. The van der Waals surface area contributed by atoms with E-state index in [9.17, 15) is 0 Å². The Kier molecular flexibility index (Phi) is 15.1. The highest BCUT2D eigenvalue weighted by Crippen LogP contribution is 2.29. The Labute approximate surface area is 175 Å². The highest BCUT2D eigenvalue weighted by atomic mass is 28.4. The van der Waals surface area contributed by atoms with E-state index in [1.807, 2.05) is 0 Å². The second-order valence-corrected chi connectivity index (χ2v) is 18.4. The summed E-state index contributed by atoms with van der Waals surface area (Å²) in [6.07, 6.45) is 10.6. The van der Waals surface area contributed by atoms with Crippen LogP contribution < -0.4 is 0 Å². The lowest BCUT2D eigenvalue weighted by Gasteiger charge is -2.48. The molecule has 27 heavy (non-hydrogen) atoms. The molecule has 0 aliphatic heterocycles. The van der Waals surface area contributed by atoms with Gasteiger partial charge in [-0.1, -0.05) is 72.5 Å². The van der Waals surface area contributed by atoms with Gasteiger partial charge >= 0.3 is 0 Å². The molecule has 0 saturated heterocycles. The third-order valence-electron chi connectivity index (χ3n) is 6.28. The second kappa shape index (κ2) is 15.0. The normalized spacial score (nSPS) is 12.9. The molecule has 0 aliphatic carbocycles. The molecule has 0 N–H and O–H groups in total. The summed E-state index contributed by atoms with van der Waals surface area (Å²) in [6.45, 7) is 26.5. The van der Waals surface area contributed by atoms with Gasteiger partial charge in [0.25, 0.3) is 0 Å². The first kappa shape index (κ1) is 27.1. The second-order valence-electron chi connectivity index (χ2n) is 9.30. The van der Waals surface area contributed by atoms with E-state index >= 15 is 0 Å². The van der Waals surface area contributed by atoms with Gasteiger partial charge in [-0.3, -0.25) is 0 Å². The van der Waals surface area contributed by atoms with Crippen LogP contribution in [-0.4, -0.2) is 51.8 Å². The lowest BCUT2D eigenvalue weighted by Crippen LogP contribution is -2.65. The van der Waals surface area contributed by atoms with Gasteiger partial charge in [-0.15, -0.1) is 12.3 Å². The van der Waals surface area contributed by atoms with Gasteiger partial charge in [0.05, 0.1) is 8.07 Å². The van der Waals surface area contributed by atoms with Crippen molar-refractivity contribution in [1.82, 2.24) is 9.13 Å². The highest BCUT2D eigenvalue weighted by molar-refractivity contribution is 6.84. The fraction of sp³-hybridized carbons (Fsp3) is 0.913. The smallest absolute Gasteiger partial charge is 0.203 e. The summed E-state index contributed by atoms with van der Waals surface area (Å²) in [5, 5.41) is 0. The van der Waals surface area contributed by atoms with Gasteiger partial charge < -0.3 is 9.13 Å². The van der Waals surface area contributed by atoms with Gasteiger partial charge in [0.1, 0.15) is 0 Å². The first-order valence-corrected chi connectivity index (χ1v) is 17.8. The van der Waals surface area contributed by atoms with Gasteiger partial charge in [0.15, 0.2) is 0 Å². The SMILES string of the molecule is C=C[Si](C)(C)CC[Si](C)(N(CCCC)CCCC)N(CCCC)CCCC. The van der Waals surface area contributed by atoms with E-state index in [2.05, 4.69) is 68.7 Å². The highest BCUT2D eigenvalue weighted by Gasteiger charge is 2.41. The van der Waals surface area contributed by atoms with Crippen molar-refractivity contribution in [3.8, 4) is 0 Å². The molecular formula is C23H52N2Si2. The fourth-order valence-electron chi connectivity index (χ4n) is 3.76.